The highest BCUT2D eigenvalue weighted by atomic mass is 32.1. The molecule has 1 aromatic heterocycles. The molecular formula is C11H17N3OS. The molecule has 0 aromatic carbocycles. The molecule has 2 fully saturated rings. The van der Waals surface area contributed by atoms with Crippen LogP contribution in [0.4, 0.5) is 0 Å². The van der Waals surface area contributed by atoms with Crippen LogP contribution in [0.5, 0.6) is 0 Å². The molecule has 2 aliphatic heterocycles. The van der Waals surface area contributed by atoms with Crippen molar-refractivity contribution in [3.05, 3.63) is 10.0 Å². The van der Waals surface area contributed by atoms with Crippen LogP contribution in [0.3, 0.4) is 0 Å². The van der Waals surface area contributed by atoms with E-state index in [-0.39, 0.29) is 5.60 Å². The monoisotopic (exact) mass is 239 g/mol. The summed E-state index contributed by atoms with van der Waals surface area (Å²) in [5.74, 6) is 0.566. The fraction of sp³-hybridized carbons (Fsp3) is 0.818. The molecule has 88 valence electrons. The van der Waals surface area contributed by atoms with Gasteiger partial charge in [-0.15, -0.1) is 10.2 Å². The van der Waals surface area contributed by atoms with Gasteiger partial charge in [-0.25, -0.2) is 0 Å². The molecule has 1 aromatic rings. The molecular weight excluding hydrogens is 222 g/mol. The van der Waals surface area contributed by atoms with Gasteiger partial charge in [0.25, 0.3) is 0 Å². The van der Waals surface area contributed by atoms with E-state index >= 15 is 0 Å². The van der Waals surface area contributed by atoms with Crippen LogP contribution < -0.4 is 5.32 Å². The summed E-state index contributed by atoms with van der Waals surface area (Å²) in [5.41, 5.74) is -0.165. The van der Waals surface area contributed by atoms with Crippen LogP contribution in [-0.4, -0.2) is 29.9 Å². The molecule has 5 heteroatoms. The van der Waals surface area contributed by atoms with Crippen molar-refractivity contribution < 1.29 is 4.74 Å². The van der Waals surface area contributed by atoms with E-state index in [0.717, 1.165) is 37.5 Å². The van der Waals surface area contributed by atoms with E-state index in [1.54, 1.807) is 11.3 Å². The van der Waals surface area contributed by atoms with Crippen molar-refractivity contribution in [2.75, 3.05) is 19.7 Å². The molecule has 2 aliphatic rings. The Labute approximate surface area is 99.4 Å². The minimum absolute atomic E-state index is 0.165. The van der Waals surface area contributed by atoms with Gasteiger partial charge in [-0.1, -0.05) is 11.3 Å². The molecule has 2 unspecified atom stereocenters. The standard InChI is InChI=1S/C11H17N3OS/c1-11(4-2-6-15-11)10-14-13-9(16-10)8-3-5-12-7-8/h8,12H,2-7H2,1H3. The largest absolute Gasteiger partial charge is 0.368 e. The number of hydrogen-bond acceptors (Lipinski definition) is 5. The molecule has 2 saturated heterocycles. The van der Waals surface area contributed by atoms with Gasteiger partial charge in [-0.3, -0.25) is 0 Å². The minimum Gasteiger partial charge on any atom is -0.368 e. The van der Waals surface area contributed by atoms with Gasteiger partial charge < -0.3 is 10.1 Å². The maximum absolute atomic E-state index is 5.79. The Morgan fingerprint density at radius 2 is 2.44 bits per heavy atom. The smallest absolute Gasteiger partial charge is 0.149 e. The molecule has 2 atom stereocenters. The highest BCUT2D eigenvalue weighted by molar-refractivity contribution is 7.11. The van der Waals surface area contributed by atoms with Gasteiger partial charge in [0.1, 0.15) is 15.6 Å². The van der Waals surface area contributed by atoms with Crippen LogP contribution in [0.25, 0.3) is 0 Å². The SMILES string of the molecule is CC1(c2nnc(C3CCNC3)s2)CCCO1. The van der Waals surface area contributed by atoms with Crippen LogP contribution in [0.15, 0.2) is 0 Å². The first-order chi connectivity index (χ1) is 7.78. The fourth-order valence-electron chi connectivity index (χ4n) is 2.43. The third-order valence-corrected chi connectivity index (χ3v) is 4.85. The maximum Gasteiger partial charge on any atom is 0.149 e. The van der Waals surface area contributed by atoms with E-state index in [2.05, 4.69) is 22.4 Å². The van der Waals surface area contributed by atoms with Crippen LogP contribution in [0.2, 0.25) is 0 Å². The molecule has 0 bridgehead atoms. The van der Waals surface area contributed by atoms with Gasteiger partial charge in [-0.2, -0.15) is 0 Å². The van der Waals surface area contributed by atoms with Gasteiger partial charge in [0.2, 0.25) is 0 Å². The minimum atomic E-state index is -0.165. The second-order valence-electron chi connectivity index (χ2n) is 4.82. The first-order valence-electron chi connectivity index (χ1n) is 5.96. The Bertz CT molecular complexity index is 367. The lowest BCUT2D eigenvalue weighted by Crippen LogP contribution is -2.19. The number of rotatable bonds is 2. The summed E-state index contributed by atoms with van der Waals surface area (Å²) in [7, 11) is 0. The highest BCUT2D eigenvalue weighted by Crippen LogP contribution is 2.38. The summed E-state index contributed by atoms with van der Waals surface area (Å²) in [4.78, 5) is 0. The second-order valence-corrected chi connectivity index (χ2v) is 5.83. The molecule has 0 amide bonds. The fourth-order valence-corrected chi connectivity index (χ4v) is 3.53. The van der Waals surface area contributed by atoms with Gasteiger partial charge in [0.05, 0.1) is 0 Å². The highest BCUT2D eigenvalue weighted by Gasteiger charge is 2.36. The lowest BCUT2D eigenvalue weighted by molar-refractivity contribution is 0.0161. The van der Waals surface area contributed by atoms with Crippen molar-refractivity contribution in [3.8, 4) is 0 Å². The Kier molecular flexibility index (Phi) is 2.69. The number of aromatic nitrogens is 2. The van der Waals surface area contributed by atoms with Crippen LogP contribution in [0, 0.1) is 0 Å². The topological polar surface area (TPSA) is 47.0 Å². The summed E-state index contributed by atoms with van der Waals surface area (Å²) in [6.07, 6.45) is 3.40. The first-order valence-corrected chi connectivity index (χ1v) is 6.78. The van der Waals surface area contributed by atoms with Gasteiger partial charge in [-0.05, 0) is 32.7 Å². The van der Waals surface area contributed by atoms with E-state index in [1.165, 1.54) is 11.4 Å². The Balaban J connectivity index is 1.81. The van der Waals surface area contributed by atoms with Gasteiger partial charge in [0, 0.05) is 19.1 Å². The third kappa shape index (κ3) is 1.77. The lowest BCUT2D eigenvalue weighted by atomic mass is 10.0. The molecule has 1 N–H and O–H groups in total. The molecule has 4 nitrogen and oxygen atoms in total. The zero-order valence-electron chi connectivity index (χ0n) is 9.53. The van der Waals surface area contributed by atoms with Gasteiger partial charge in [0.15, 0.2) is 0 Å². The number of ether oxygens (including phenoxy) is 1. The first kappa shape index (κ1) is 10.6. The van der Waals surface area contributed by atoms with Crippen molar-refractivity contribution in [1.82, 2.24) is 15.5 Å². The number of hydrogen-bond donors (Lipinski definition) is 1. The summed E-state index contributed by atoms with van der Waals surface area (Å²) in [6.45, 7) is 5.15. The number of nitrogens with one attached hydrogen (secondary N) is 1. The van der Waals surface area contributed by atoms with E-state index in [1.807, 2.05) is 0 Å². The number of nitrogens with zero attached hydrogens (tertiary/aromatic N) is 2. The van der Waals surface area contributed by atoms with Crippen LogP contribution in [0.1, 0.15) is 42.1 Å². The zero-order chi connectivity index (χ0) is 11.0. The van der Waals surface area contributed by atoms with Crippen molar-refractivity contribution in [2.24, 2.45) is 0 Å². The molecule has 3 rings (SSSR count). The van der Waals surface area contributed by atoms with Crippen molar-refractivity contribution >= 4 is 11.3 Å². The molecule has 0 aliphatic carbocycles. The molecule has 16 heavy (non-hydrogen) atoms. The zero-order valence-corrected chi connectivity index (χ0v) is 10.3. The predicted molar refractivity (Wildman–Crippen MR) is 62.7 cm³/mol. The molecule has 0 saturated carbocycles. The lowest BCUT2D eigenvalue weighted by Gasteiger charge is -2.18. The summed E-state index contributed by atoms with van der Waals surface area (Å²) in [6, 6.07) is 0. The van der Waals surface area contributed by atoms with Crippen molar-refractivity contribution in [2.45, 2.75) is 37.7 Å². The van der Waals surface area contributed by atoms with Crippen LogP contribution in [-0.2, 0) is 10.3 Å². The quantitative estimate of drug-likeness (QED) is 0.852. The van der Waals surface area contributed by atoms with Crippen molar-refractivity contribution in [3.63, 3.8) is 0 Å². The van der Waals surface area contributed by atoms with Crippen LogP contribution >= 0.6 is 11.3 Å². The predicted octanol–water partition coefficient (Wildman–Crippen LogP) is 1.64. The summed E-state index contributed by atoms with van der Waals surface area (Å²) < 4.78 is 5.79. The Morgan fingerprint density at radius 1 is 1.50 bits per heavy atom. The van der Waals surface area contributed by atoms with E-state index in [4.69, 9.17) is 4.74 Å². The Morgan fingerprint density at radius 3 is 3.12 bits per heavy atom. The molecule has 0 spiro atoms. The summed E-state index contributed by atoms with van der Waals surface area (Å²) >= 11 is 1.74. The van der Waals surface area contributed by atoms with Gasteiger partial charge >= 0.3 is 0 Å². The van der Waals surface area contributed by atoms with E-state index in [0.29, 0.717) is 5.92 Å². The second kappa shape index (κ2) is 4.05. The van der Waals surface area contributed by atoms with E-state index < -0.39 is 0 Å². The normalized spacial score (nSPS) is 34.7. The van der Waals surface area contributed by atoms with E-state index in [9.17, 15) is 0 Å². The molecule has 0 radical (unpaired) electrons. The maximum atomic E-state index is 5.79. The average Bonchev–Trinajstić information content (AvgIpc) is 2.98. The summed E-state index contributed by atoms with van der Waals surface area (Å²) in [5, 5.41) is 14.3. The van der Waals surface area contributed by atoms with Crippen molar-refractivity contribution in [1.29, 1.82) is 0 Å². The third-order valence-electron chi connectivity index (χ3n) is 3.52. The molecule has 3 heterocycles. The average molecular weight is 239 g/mol. The Hall–Kier alpha value is -0.520.